The Bertz CT molecular complexity index is 802. The number of nitrogens with zero attached hydrogens (tertiary/aromatic N) is 3. The fraction of sp³-hybridized carbons (Fsp3) is 0.353. The first kappa shape index (κ1) is 17.6. The summed E-state index contributed by atoms with van der Waals surface area (Å²) in [6.45, 7) is 3.76. The maximum absolute atomic E-state index is 12.9. The van der Waals surface area contributed by atoms with Crippen molar-refractivity contribution in [3.63, 3.8) is 0 Å². The molecule has 1 fully saturated rings. The highest BCUT2D eigenvalue weighted by Crippen LogP contribution is 2.18. The smallest absolute Gasteiger partial charge is 0.236 e. The maximum Gasteiger partial charge on any atom is 0.236 e. The number of anilines is 2. The highest BCUT2D eigenvalue weighted by Gasteiger charge is 2.16. The Labute approximate surface area is 147 Å². The van der Waals surface area contributed by atoms with Crippen molar-refractivity contribution in [2.45, 2.75) is 5.75 Å². The molecule has 0 spiro atoms. The lowest BCUT2D eigenvalue weighted by Crippen LogP contribution is -2.44. The maximum atomic E-state index is 12.9. The van der Waals surface area contributed by atoms with Crippen molar-refractivity contribution in [1.82, 2.24) is 9.88 Å². The first-order valence-electron chi connectivity index (χ1n) is 8.06. The monoisotopic (exact) mass is 364 g/mol. The molecule has 0 unspecified atom stereocenters. The molecule has 2 aromatic rings. The molecule has 1 N–H and O–H groups in total. The predicted octanol–water partition coefficient (Wildman–Crippen LogP) is 1.91. The van der Waals surface area contributed by atoms with Crippen molar-refractivity contribution < 1.29 is 12.8 Å². The zero-order valence-corrected chi connectivity index (χ0v) is 14.8. The zero-order valence-electron chi connectivity index (χ0n) is 14.0. The molecule has 1 aliphatic heterocycles. The van der Waals surface area contributed by atoms with Crippen LogP contribution in [0.2, 0.25) is 0 Å². The average Bonchev–Trinajstić information content (AvgIpc) is 2.58. The van der Waals surface area contributed by atoms with Gasteiger partial charge in [0.15, 0.2) is 0 Å². The Hall–Kier alpha value is -2.19. The summed E-state index contributed by atoms with van der Waals surface area (Å²) in [7, 11) is -1.49. The van der Waals surface area contributed by atoms with Crippen LogP contribution in [0.5, 0.6) is 0 Å². The van der Waals surface area contributed by atoms with E-state index >= 15 is 0 Å². The van der Waals surface area contributed by atoms with Crippen molar-refractivity contribution in [1.29, 1.82) is 0 Å². The molecule has 1 aromatic heterocycles. The SMILES string of the molecule is CN1CCN(c2ccc(NS(=O)(=O)Cc3ccc(F)cc3)cn2)CC1. The number of rotatable bonds is 5. The van der Waals surface area contributed by atoms with E-state index in [1.807, 2.05) is 6.07 Å². The number of sulfonamides is 1. The summed E-state index contributed by atoms with van der Waals surface area (Å²) in [5, 5.41) is 0. The fourth-order valence-corrected chi connectivity index (χ4v) is 3.87. The molecule has 6 nitrogen and oxygen atoms in total. The van der Waals surface area contributed by atoms with Gasteiger partial charge in [0.1, 0.15) is 11.6 Å². The van der Waals surface area contributed by atoms with E-state index in [2.05, 4.69) is 26.6 Å². The van der Waals surface area contributed by atoms with E-state index in [9.17, 15) is 12.8 Å². The molecule has 134 valence electrons. The molecule has 0 amide bonds. The molecule has 1 aliphatic rings. The van der Waals surface area contributed by atoms with Crippen LogP contribution in [0.4, 0.5) is 15.9 Å². The molecule has 0 aliphatic carbocycles. The summed E-state index contributed by atoms with van der Waals surface area (Å²) in [6.07, 6.45) is 1.52. The van der Waals surface area contributed by atoms with Crippen LogP contribution in [-0.4, -0.2) is 51.5 Å². The molecular weight excluding hydrogens is 343 g/mol. The van der Waals surface area contributed by atoms with Gasteiger partial charge in [-0.2, -0.15) is 0 Å². The van der Waals surface area contributed by atoms with Crippen molar-refractivity contribution in [2.24, 2.45) is 0 Å². The molecular formula is C17H21FN4O2S. The number of aromatic nitrogens is 1. The van der Waals surface area contributed by atoms with E-state index in [-0.39, 0.29) is 5.75 Å². The highest BCUT2D eigenvalue weighted by molar-refractivity contribution is 7.91. The first-order chi connectivity index (χ1) is 11.9. The number of piperazine rings is 1. The number of likely N-dealkylation sites (N-methyl/N-ethyl adjacent to an activating group) is 1. The summed E-state index contributed by atoms with van der Waals surface area (Å²) < 4.78 is 39.9. The lowest BCUT2D eigenvalue weighted by atomic mass is 10.2. The van der Waals surface area contributed by atoms with Gasteiger partial charge >= 0.3 is 0 Å². The number of hydrogen-bond acceptors (Lipinski definition) is 5. The largest absolute Gasteiger partial charge is 0.354 e. The van der Waals surface area contributed by atoms with Gasteiger partial charge in [0.25, 0.3) is 0 Å². The van der Waals surface area contributed by atoms with Crippen LogP contribution in [0.3, 0.4) is 0 Å². The van der Waals surface area contributed by atoms with Gasteiger partial charge in [0.2, 0.25) is 10.0 Å². The minimum Gasteiger partial charge on any atom is -0.354 e. The van der Waals surface area contributed by atoms with Crippen LogP contribution in [0.15, 0.2) is 42.6 Å². The van der Waals surface area contributed by atoms with E-state index in [0.717, 1.165) is 32.0 Å². The van der Waals surface area contributed by atoms with Gasteiger partial charge in [0, 0.05) is 26.2 Å². The van der Waals surface area contributed by atoms with Crippen LogP contribution < -0.4 is 9.62 Å². The molecule has 25 heavy (non-hydrogen) atoms. The first-order valence-corrected chi connectivity index (χ1v) is 9.71. The Morgan fingerprint density at radius 3 is 2.36 bits per heavy atom. The number of nitrogens with one attached hydrogen (secondary N) is 1. The van der Waals surface area contributed by atoms with Gasteiger partial charge in [-0.1, -0.05) is 12.1 Å². The molecule has 3 rings (SSSR count). The molecule has 0 saturated carbocycles. The van der Waals surface area contributed by atoms with E-state index in [0.29, 0.717) is 11.3 Å². The number of hydrogen-bond donors (Lipinski definition) is 1. The second-order valence-electron chi connectivity index (χ2n) is 6.18. The molecule has 2 heterocycles. The van der Waals surface area contributed by atoms with Gasteiger partial charge in [-0.15, -0.1) is 0 Å². The van der Waals surface area contributed by atoms with Gasteiger partial charge < -0.3 is 9.80 Å². The lowest BCUT2D eigenvalue weighted by molar-refractivity contribution is 0.312. The molecule has 1 saturated heterocycles. The second kappa shape index (κ2) is 7.37. The Morgan fingerprint density at radius 2 is 1.76 bits per heavy atom. The van der Waals surface area contributed by atoms with Crippen LogP contribution in [0, 0.1) is 5.82 Å². The topological polar surface area (TPSA) is 65.5 Å². The highest BCUT2D eigenvalue weighted by atomic mass is 32.2. The van der Waals surface area contributed by atoms with E-state index < -0.39 is 15.8 Å². The van der Waals surface area contributed by atoms with Crippen molar-refractivity contribution in [3.05, 3.63) is 54.0 Å². The summed E-state index contributed by atoms with van der Waals surface area (Å²) in [6, 6.07) is 8.95. The fourth-order valence-electron chi connectivity index (χ4n) is 2.68. The summed E-state index contributed by atoms with van der Waals surface area (Å²) in [5.41, 5.74) is 0.941. The van der Waals surface area contributed by atoms with Crippen LogP contribution in [0.25, 0.3) is 0 Å². The Kier molecular flexibility index (Phi) is 5.19. The van der Waals surface area contributed by atoms with Crippen molar-refractivity contribution in [2.75, 3.05) is 42.8 Å². The third-order valence-electron chi connectivity index (χ3n) is 4.12. The van der Waals surface area contributed by atoms with Crippen LogP contribution in [0.1, 0.15) is 5.56 Å². The van der Waals surface area contributed by atoms with Gasteiger partial charge in [-0.25, -0.2) is 17.8 Å². The zero-order chi connectivity index (χ0) is 17.9. The molecule has 8 heteroatoms. The third kappa shape index (κ3) is 4.90. The third-order valence-corrected chi connectivity index (χ3v) is 5.38. The lowest BCUT2D eigenvalue weighted by Gasteiger charge is -2.33. The van der Waals surface area contributed by atoms with E-state index in [1.165, 1.54) is 30.5 Å². The number of benzene rings is 1. The van der Waals surface area contributed by atoms with E-state index in [1.54, 1.807) is 6.07 Å². The number of pyridine rings is 1. The number of halogens is 1. The second-order valence-corrected chi connectivity index (χ2v) is 7.91. The molecule has 0 bridgehead atoms. The minimum absolute atomic E-state index is 0.215. The van der Waals surface area contributed by atoms with Crippen LogP contribution in [-0.2, 0) is 15.8 Å². The summed E-state index contributed by atoms with van der Waals surface area (Å²) in [4.78, 5) is 8.80. The summed E-state index contributed by atoms with van der Waals surface area (Å²) >= 11 is 0. The molecule has 1 aromatic carbocycles. The van der Waals surface area contributed by atoms with Gasteiger partial charge in [0.05, 0.1) is 17.6 Å². The quantitative estimate of drug-likeness (QED) is 0.878. The molecule has 0 radical (unpaired) electrons. The van der Waals surface area contributed by atoms with Gasteiger partial charge in [-0.05, 0) is 36.9 Å². The van der Waals surface area contributed by atoms with Crippen LogP contribution >= 0.6 is 0 Å². The van der Waals surface area contributed by atoms with Gasteiger partial charge in [-0.3, -0.25) is 4.72 Å². The normalized spacial score (nSPS) is 16.0. The predicted molar refractivity (Wildman–Crippen MR) is 96.6 cm³/mol. The van der Waals surface area contributed by atoms with Crippen molar-refractivity contribution in [3.8, 4) is 0 Å². The average molecular weight is 364 g/mol. The summed E-state index contributed by atoms with van der Waals surface area (Å²) in [5.74, 6) is 0.236. The Balaban J connectivity index is 1.63. The van der Waals surface area contributed by atoms with Crippen molar-refractivity contribution >= 4 is 21.5 Å². The Morgan fingerprint density at radius 1 is 1.08 bits per heavy atom. The van der Waals surface area contributed by atoms with E-state index in [4.69, 9.17) is 0 Å². The standard InChI is InChI=1S/C17H21FN4O2S/c1-21-8-10-22(11-9-21)17-7-6-16(12-19-17)20-25(23,24)13-14-2-4-15(18)5-3-14/h2-7,12,20H,8-11,13H2,1H3. The molecule has 0 atom stereocenters. The minimum atomic E-state index is -3.58.